The van der Waals surface area contributed by atoms with Crippen molar-refractivity contribution in [2.45, 2.75) is 12.8 Å². The van der Waals surface area contributed by atoms with E-state index < -0.39 is 0 Å². The third-order valence-electron chi connectivity index (χ3n) is 4.86. The number of benzene rings is 1. The van der Waals surface area contributed by atoms with E-state index in [2.05, 4.69) is 44.5 Å². The lowest BCUT2D eigenvalue weighted by atomic mass is 10.0. The zero-order valence-electron chi connectivity index (χ0n) is 16.0. The van der Waals surface area contributed by atoms with Crippen molar-refractivity contribution >= 4 is 29.9 Å². The summed E-state index contributed by atoms with van der Waals surface area (Å²) in [6.45, 7) is 10.7. The highest BCUT2D eigenvalue weighted by Gasteiger charge is 2.15. The van der Waals surface area contributed by atoms with Gasteiger partial charge in [-0.1, -0.05) is 37.3 Å². The molecule has 1 atom stereocenters. The molecule has 0 bridgehead atoms. The van der Waals surface area contributed by atoms with E-state index in [9.17, 15) is 5.11 Å². The van der Waals surface area contributed by atoms with Gasteiger partial charge in [0.25, 0.3) is 0 Å². The molecular weight excluding hydrogens is 441 g/mol. The number of aliphatic hydroxyl groups is 1. The van der Waals surface area contributed by atoms with Gasteiger partial charge in [-0.15, -0.1) is 24.0 Å². The van der Waals surface area contributed by atoms with Crippen molar-refractivity contribution < 1.29 is 5.11 Å². The Balaban J connectivity index is 0.00000338. The second-order valence-corrected chi connectivity index (χ2v) is 6.45. The number of aliphatic hydroxyl groups excluding tert-OH is 1. The zero-order chi connectivity index (χ0) is 17.9. The van der Waals surface area contributed by atoms with Crippen LogP contribution >= 0.6 is 24.0 Å². The summed E-state index contributed by atoms with van der Waals surface area (Å²) >= 11 is 0. The summed E-state index contributed by atoms with van der Waals surface area (Å²) in [5, 5.41) is 16.3. The monoisotopic (exact) mass is 475 g/mol. The number of piperazine rings is 1. The number of aliphatic imine (C=N–C) groups is 1. The SMILES string of the molecule is CCN1CCN(CCNC(=NC)NCC(CO)c2ccccc2)CC1.I. The third-order valence-corrected chi connectivity index (χ3v) is 4.86. The fourth-order valence-electron chi connectivity index (χ4n) is 3.12. The molecule has 1 heterocycles. The summed E-state index contributed by atoms with van der Waals surface area (Å²) in [4.78, 5) is 9.26. The van der Waals surface area contributed by atoms with Crippen LogP contribution < -0.4 is 10.6 Å². The van der Waals surface area contributed by atoms with E-state index in [1.807, 2.05) is 18.2 Å². The van der Waals surface area contributed by atoms with Gasteiger partial charge in [-0.25, -0.2) is 0 Å². The Labute approximate surface area is 175 Å². The molecule has 1 aromatic carbocycles. The summed E-state index contributed by atoms with van der Waals surface area (Å²) in [6.07, 6.45) is 0. The van der Waals surface area contributed by atoms with E-state index in [4.69, 9.17) is 0 Å². The van der Waals surface area contributed by atoms with Gasteiger partial charge < -0.3 is 20.6 Å². The first kappa shape index (κ1) is 23.1. The van der Waals surface area contributed by atoms with E-state index in [-0.39, 0.29) is 36.5 Å². The molecule has 0 aromatic heterocycles. The minimum Gasteiger partial charge on any atom is -0.396 e. The lowest BCUT2D eigenvalue weighted by Crippen LogP contribution is -2.49. The maximum atomic E-state index is 9.64. The van der Waals surface area contributed by atoms with Crippen LogP contribution in [0.4, 0.5) is 0 Å². The Morgan fingerprint density at radius 1 is 1.12 bits per heavy atom. The number of nitrogens with one attached hydrogen (secondary N) is 2. The van der Waals surface area contributed by atoms with E-state index in [0.717, 1.165) is 44.2 Å². The first-order chi connectivity index (χ1) is 12.3. The van der Waals surface area contributed by atoms with Crippen molar-refractivity contribution in [3.05, 3.63) is 35.9 Å². The van der Waals surface area contributed by atoms with Gasteiger partial charge in [0.15, 0.2) is 5.96 Å². The Morgan fingerprint density at radius 3 is 2.35 bits per heavy atom. The van der Waals surface area contributed by atoms with Gasteiger partial charge >= 0.3 is 0 Å². The van der Waals surface area contributed by atoms with E-state index >= 15 is 0 Å². The third kappa shape index (κ3) is 7.77. The second-order valence-electron chi connectivity index (χ2n) is 6.45. The number of likely N-dealkylation sites (N-methyl/N-ethyl adjacent to an activating group) is 1. The molecule has 1 unspecified atom stereocenters. The van der Waals surface area contributed by atoms with Gasteiger partial charge in [0.05, 0.1) is 6.61 Å². The van der Waals surface area contributed by atoms with Crippen molar-refractivity contribution in [1.29, 1.82) is 0 Å². The van der Waals surface area contributed by atoms with Gasteiger partial charge in [-0.05, 0) is 12.1 Å². The summed E-state index contributed by atoms with van der Waals surface area (Å²) in [5.74, 6) is 0.864. The molecule has 1 aliphatic rings. The predicted octanol–water partition coefficient (Wildman–Crippen LogP) is 1.18. The van der Waals surface area contributed by atoms with Crippen LogP contribution in [0.1, 0.15) is 18.4 Å². The molecule has 1 aliphatic heterocycles. The molecule has 0 amide bonds. The van der Waals surface area contributed by atoms with Gasteiger partial charge in [0.2, 0.25) is 0 Å². The fraction of sp³-hybridized carbons (Fsp3) is 0.632. The highest BCUT2D eigenvalue weighted by Crippen LogP contribution is 2.13. The second kappa shape index (κ2) is 13.3. The van der Waals surface area contributed by atoms with Crippen LogP contribution in [-0.2, 0) is 0 Å². The summed E-state index contributed by atoms with van der Waals surface area (Å²) in [6, 6.07) is 10.1. The molecule has 1 fully saturated rings. The molecule has 0 radical (unpaired) electrons. The van der Waals surface area contributed by atoms with Crippen LogP contribution in [0.3, 0.4) is 0 Å². The van der Waals surface area contributed by atoms with Crippen molar-refractivity contribution in [2.75, 3.05) is 66.0 Å². The Morgan fingerprint density at radius 2 is 1.77 bits per heavy atom. The maximum absolute atomic E-state index is 9.64. The standard InChI is InChI=1S/C19H33N5O.HI/c1-3-23-11-13-24(14-12-23)10-9-21-19(20-2)22-15-18(16-25)17-7-5-4-6-8-17;/h4-8,18,25H,3,9-16H2,1-2H3,(H2,20,21,22);1H. The zero-order valence-corrected chi connectivity index (χ0v) is 18.4. The molecule has 3 N–H and O–H groups in total. The van der Waals surface area contributed by atoms with Crippen LogP contribution in [0, 0.1) is 0 Å². The Hall–Kier alpha value is -0.900. The molecule has 7 heteroatoms. The fourth-order valence-corrected chi connectivity index (χ4v) is 3.12. The van der Waals surface area contributed by atoms with Gasteiger partial charge in [-0.3, -0.25) is 9.89 Å². The van der Waals surface area contributed by atoms with Crippen molar-refractivity contribution in [3.63, 3.8) is 0 Å². The number of guanidine groups is 1. The number of nitrogens with zero attached hydrogens (tertiary/aromatic N) is 3. The highest BCUT2D eigenvalue weighted by atomic mass is 127. The van der Waals surface area contributed by atoms with Crippen LogP contribution in [0.5, 0.6) is 0 Å². The predicted molar refractivity (Wildman–Crippen MR) is 120 cm³/mol. The molecule has 0 spiro atoms. The van der Waals surface area contributed by atoms with Crippen molar-refractivity contribution in [3.8, 4) is 0 Å². The topological polar surface area (TPSA) is 63.1 Å². The number of hydrogen-bond acceptors (Lipinski definition) is 4. The molecule has 2 rings (SSSR count). The summed E-state index contributed by atoms with van der Waals surface area (Å²) in [5.41, 5.74) is 1.14. The van der Waals surface area contributed by atoms with Crippen molar-refractivity contribution in [2.24, 2.45) is 4.99 Å². The number of rotatable bonds is 8. The van der Waals surface area contributed by atoms with Crippen LogP contribution in [0.2, 0.25) is 0 Å². The van der Waals surface area contributed by atoms with Gasteiger partial charge in [0.1, 0.15) is 0 Å². The van der Waals surface area contributed by atoms with E-state index in [1.165, 1.54) is 13.1 Å². The Kier molecular flexibility index (Phi) is 11.8. The van der Waals surface area contributed by atoms with Crippen molar-refractivity contribution in [1.82, 2.24) is 20.4 Å². The summed E-state index contributed by atoms with van der Waals surface area (Å²) in [7, 11) is 1.78. The molecule has 148 valence electrons. The Bertz CT molecular complexity index is 506. The van der Waals surface area contributed by atoms with Crippen LogP contribution in [0.15, 0.2) is 35.3 Å². The lowest BCUT2D eigenvalue weighted by molar-refractivity contribution is 0.139. The largest absolute Gasteiger partial charge is 0.396 e. The first-order valence-electron chi connectivity index (χ1n) is 9.31. The minimum atomic E-state index is 0. The molecule has 1 aromatic rings. The number of hydrogen-bond donors (Lipinski definition) is 3. The highest BCUT2D eigenvalue weighted by molar-refractivity contribution is 14.0. The molecular formula is C19H34IN5O. The van der Waals surface area contributed by atoms with Gasteiger partial charge in [0, 0.05) is 58.8 Å². The first-order valence-corrected chi connectivity index (χ1v) is 9.31. The quantitative estimate of drug-likeness (QED) is 0.300. The van der Waals surface area contributed by atoms with E-state index in [1.54, 1.807) is 7.05 Å². The van der Waals surface area contributed by atoms with Gasteiger partial charge in [-0.2, -0.15) is 0 Å². The normalized spacial score (nSPS) is 17.4. The molecule has 0 saturated carbocycles. The average molecular weight is 475 g/mol. The molecule has 6 nitrogen and oxygen atoms in total. The van der Waals surface area contributed by atoms with E-state index in [0.29, 0.717) is 6.54 Å². The smallest absolute Gasteiger partial charge is 0.191 e. The molecule has 1 saturated heterocycles. The maximum Gasteiger partial charge on any atom is 0.191 e. The van der Waals surface area contributed by atoms with Crippen LogP contribution in [0.25, 0.3) is 0 Å². The number of halogens is 1. The minimum absolute atomic E-state index is 0. The van der Waals surface area contributed by atoms with Crippen LogP contribution in [-0.4, -0.2) is 86.9 Å². The molecule has 0 aliphatic carbocycles. The molecule has 26 heavy (non-hydrogen) atoms. The summed E-state index contributed by atoms with van der Waals surface area (Å²) < 4.78 is 0. The average Bonchev–Trinajstić information content (AvgIpc) is 2.68. The lowest BCUT2D eigenvalue weighted by Gasteiger charge is -2.34.